The number of aliphatic hydroxyl groups excluding tert-OH is 3. The number of hydrogen-bond acceptors (Lipinski definition) is 8. The first-order chi connectivity index (χ1) is 8.65. The van der Waals surface area contributed by atoms with E-state index in [0.29, 0.717) is 0 Å². The summed E-state index contributed by atoms with van der Waals surface area (Å²) in [7, 11) is -3.91. The van der Waals surface area contributed by atoms with Crippen LogP contribution in [-0.2, 0) is 23.8 Å². The highest BCUT2D eigenvalue weighted by molar-refractivity contribution is 7.86. The van der Waals surface area contributed by atoms with Crippen LogP contribution in [0.25, 0.3) is 0 Å². The Bertz CT molecular complexity index is 424. The van der Waals surface area contributed by atoms with Gasteiger partial charge in [-0.05, 0) is 0 Å². The molecule has 0 bridgehead atoms. The lowest BCUT2D eigenvalue weighted by Crippen LogP contribution is -2.64. The Morgan fingerprint density at radius 2 is 2.00 bits per heavy atom. The third-order valence-electron chi connectivity index (χ3n) is 2.53. The van der Waals surface area contributed by atoms with Gasteiger partial charge in [0, 0.05) is 6.92 Å². The lowest BCUT2D eigenvalue weighted by Gasteiger charge is -2.41. The summed E-state index contributed by atoms with van der Waals surface area (Å²) in [6, 6.07) is -1.26. The maximum Gasteiger partial charge on any atom is 0.264 e. The zero-order valence-electron chi connectivity index (χ0n) is 10.4. The third kappa shape index (κ3) is 4.37. The van der Waals surface area contributed by atoms with Crippen molar-refractivity contribution in [3.05, 3.63) is 0 Å². The smallest absolute Gasteiger partial charge is 0.264 e. The Kier molecular flexibility index (Phi) is 5.24. The van der Waals surface area contributed by atoms with Crippen LogP contribution >= 0.6 is 0 Å². The standard InChI is InChI=1S/C9H17NO8S/c1-4(12)10-6-7(13)8(18-19(2,15)16)5(3-11)17-9(6)14/h5-9,11,13-14H,3H2,1-2H3,(H,10,12)/t5-,6-,7+,8+,9+/m0/s1. The maximum atomic E-state index is 11.1. The van der Waals surface area contributed by atoms with E-state index in [2.05, 4.69) is 9.50 Å². The van der Waals surface area contributed by atoms with Crippen LogP contribution in [0.2, 0.25) is 0 Å². The Hall–Kier alpha value is -0.780. The van der Waals surface area contributed by atoms with Crippen molar-refractivity contribution in [2.24, 2.45) is 0 Å². The molecule has 1 fully saturated rings. The van der Waals surface area contributed by atoms with E-state index in [-0.39, 0.29) is 0 Å². The molecule has 1 saturated heterocycles. The molecule has 0 unspecified atom stereocenters. The maximum absolute atomic E-state index is 11.1. The highest BCUT2D eigenvalue weighted by Crippen LogP contribution is 2.23. The summed E-state index contributed by atoms with van der Waals surface area (Å²) < 4.78 is 31.7. The molecule has 0 aromatic heterocycles. The molecule has 5 atom stereocenters. The van der Waals surface area contributed by atoms with Crippen LogP contribution in [-0.4, -0.2) is 73.2 Å². The van der Waals surface area contributed by atoms with Crippen molar-refractivity contribution >= 4 is 16.0 Å². The van der Waals surface area contributed by atoms with Gasteiger partial charge in [-0.15, -0.1) is 0 Å². The summed E-state index contributed by atoms with van der Waals surface area (Å²) in [5.74, 6) is -0.549. The molecule has 0 radical (unpaired) electrons. The zero-order chi connectivity index (χ0) is 14.8. The SMILES string of the molecule is CC(=O)N[C@H]1[C@@H](O)[C@H](OS(C)(=O)=O)[C@H](CO)O[C@H]1O. The van der Waals surface area contributed by atoms with Gasteiger partial charge in [-0.3, -0.25) is 8.98 Å². The van der Waals surface area contributed by atoms with Crippen molar-refractivity contribution in [2.45, 2.75) is 37.6 Å². The number of amides is 1. The van der Waals surface area contributed by atoms with Crippen LogP contribution in [0.4, 0.5) is 0 Å². The molecule has 1 heterocycles. The number of rotatable bonds is 4. The first-order valence-electron chi connectivity index (χ1n) is 5.43. The quantitative estimate of drug-likeness (QED) is 0.400. The Morgan fingerprint density at radius 1 is 1.42 bits per heavy atom. The van der Waals surface area contributed by atoms with Gasteiger partial charge in [-0.25, -0.2) is 0 Å². The Morgan fingerprint density at radius 3 is 2.42 bits per heavy atom. The van der Waals surface area contributed by atoms with Gasteiger partial charge in [0.2, 0.25) is 5.91 Å². The monoisotopic (exact) mass is 299 g/mol. The first-order valence-corrected chi connectivity index (χ1v) is 7.25. The second-order valence-electron chi connectivity index (χ2n) is 4.23. The van der Waals surface area contributed by atoms with E-state index in [1.54, 1.807) is 0 Å². The van der Waals surface area contributed by atoms with Crippen LogP contribution in [0.5, 0.6) is 0 Å². The molecule has 4 N–H and O–H groups in total. The minimum atomic E-state index is -3.91. The molecular formula is C9H17NO8S. The van der Waals surface area contributed by atoms with Gasteiger partial charge in [0.25, 0.3) is 10.1 Å². The number of aliphatic hydroxyl groups is 3. The number of nitrogens with one attached hydrogen (secondary N) is 1. The van der Waals surface area contributed by atoms with Crippen LogP contribution in [0.1, 0.15) is 6.92 Å². The second kappa shape index (κ2) is 6.11. The zero-order valence-corrected chi connectivity index (χ0v) is 11.2. The Labute approximate surface area is 110 Å². The number of carbonyl (C=O) groups is 1. The molecule has 9 nitrogen and oxygen atoms in total. The average molecular weight is 299 g/mol. The largest absolute Gasteiger partial charge is 0.394 e. The molecule has 1 aliphatic rings. The average Bonchev–Trinajstić information content (AvgIpc) is 2.26. The lowest BCUT2D eigenvalue weighted by atomic mass is 9.97. The van der Waals surface area contributed by atoms with Crippen LogP contribution in [0.15, 0.2) is 0 Å². The van der Waals surface area contributed by atoms with E-state index < -0.39 is 53.3 Å². The van der Waals surface area contributed by atoms with Gasteiger partial charge in [0.15, 0.2) is 6.29 Å². The minimum absolute atomic E-state index is 0.549. The van der Waals surface area contributed by atoms with Gasteiger partial charge in [-0.1, -0.05) is 0 Å². The molecule has 112 valence electrons. The molecule has 0 aliphatic carbocycles. The van der Waals surface area contributed by atoms with Gasteiger partial charge >= 0.3 is 0 Å². The number of ether oxygens (including phenoxy) is 1. The summed E-state index contributed by atoms with van der Waals surface area (Å²) >= 11 is 0. The van der Waals surface area contributed by atoms with Crippen LogP contribution < -0.4 is 5.32 Å². The number of hydrogen-bond donors (Lipinski definition) is 4. The summed E-state index contributed by atoms with van der Waals surface area (Å²) in [5.41, 5.74) is 0. The molecule has 1 amide bonds. The lowest BCUT2D eigenvalue weighted by molar-refractivity contribution is -0.247. The van der Waals surface area contributed by atoms with E-state index in [9.17, 15) is 23.4 Å². The fourth-order valence-corrected chi connectivity index (χ4v) is 2.43. The molecule has 10 heteroatoms. The fourth-order valence-electron chi connectivity index (χ4n) is 1.79. The van der Waals surface area contributed by atoms with Crippen molar-refractivity contribution in [3.63, 3.8) is 0 Å². The molecule has 1 rings (SSSR count). The summed E-state index contributed by atoms with van der Waals surface area (Å²) in [5, 5.41) is 30.8. The molecule has 0 saturated carbocycles. The van der Waals surface area contributed by atoms with Crippen LogP contribution in [0.3, 0.4) is 0 Å². The van der Waals surface area contributed by atoms with Crippen molar-refractivity contribution < 1.29 is 37.5 Å². The van der Waals surface area contributed by atoms with Gasteiger partial charge in [0.05, 0.1) is 12.9 Å². The second-order valence-corrected chi connectivity index (χ2v) is 5.83. The molecule has 1 aliphatic heterocycles. The van der Waals surface area contributed by atoms with E-state index in [0.717, 1.165) is 13.2 Å². The van der Waals surface area contributed by atoms with Crippen molar-refractivity contribution in [1.29, 1.82) is 0 Å². The molecule has 19 heavy (non-hydrogen) atoms. The van der Waals surface area contributed by atoms with Gasteiger partial charge < -0.3 is 25.4 Å². The molecule has 0 spiro atoms. The summed E-state index contributed by atoms with van der Waals surface area (Å²) in [6.07, 6.45) is -5.04. The van der Waals surface area contributed by atoms with E-state index >= 15 is 0 Å². The van der Waals surface area contributed by atoms with Crippen LogP contribution in [0, 0.1) is 0 Å². The predicted molar refractivity (Wildman–Crippen MR) is 61.3 cm³/mol. The first kappa shape index (κ1) is 16.3. The van der Waals surface area contributed by atoms with Gasteiger partial charge in [-0.2, -0.15) is 8.42 Å². The molecule has 0 aromatic rings. The molecular weight excluding hydrogens is 282 g/mol. The van der Waals surface area contributed by atoms with E-state index in [4.69, 9.17) is 9.84 Å². The summed E-state index contributed by atoms with van der Waals surface area (Å²) in [6.45, 7) is 0.491. The Balaban J connectivity index is 2.94. The minimum Gasteiger partial charge on any atom is -0.394 e. The summed E-state index contributed by atoms with van der Waals surface area (Å²) in [4.78, 5) is 10.9. The van der Waals surface area contributed by atoms with Crippen molar-refractivity contribution in [2.75, 3.05) is 12.9 Å². The fraction of sp³-hybridized carbons (Fsp3) is 0.889. The number of carbonyl (C=O) groups excluding carboxylic acids is 1. The highest BCUT2D eigenvalue weighted by atomic mass is 32.2. The normalized spacial score (nSPS) is 35.9. The topological polar surface area (TPSA) is 142 Å². The van der Waals surface area contributed by atoms with Crippen molar-refractivity contribution in [3.8, 4) is 0 Å². The van der Waals surface area contributed by atoms with E-state index in [1.807, 2.05) is 0 Å². The van der Waals surface area contributed by atoms with Gasteiger partial charge in [0.1, 0.15) is 24.4 Å². The molecule has 0 aromatic carbocycles. The van der Waals surface area contributed by atoms with E-state index in [1.165, 1.54) is 0 Å². The predicted octanol–water partition coefficient (Wildman–Crippen LogP) is -3.09. The highest BCUT2D eigenvalue weighted by Gasteiger charge is 2.47. The third-order valence-corrected chi connectivity index (χ3v) is 3.10. The van der Waals surface area contributed by atoms with Crippen molar-refractivity contribution in [1.82, 2.24) is 5.32 Å².